The molecule has 116 valence electrons. The number of nitrogens with one attached hydrogen (secondary N) is 1. The Morgan fingerprint density at radius 2 is 1.70 bits per heavy atom. The van der Waals surface area contributed by atoms with Crippen LogP contribution in [0.15, 0.2) is 11.6 Å². The van der Waals surface area contributed by atoms with Gasteiger partial charge in [0.05, 0.1) is 6.61 Å². The van der Waals surface area contributed by atoms with E-state index < -0.39 is 17.2 Å². The minimum atomic E-state index is -0.532. The number of carbonyl (C=O) groups is 2. The fraction of sp³-hybridized carbons (Fsp3) is 0.733. The zero-order valence-corrected chi connectivity index (χ0v) is 13.6. The summed E-state index contributed by atoms with van der Waals surface area (Å²) in [7, 11) is 0. The second-order valence-electron chi connectivity index (χ2n) is 6.43. The molecule has 0 atom stereocenters. The van der Waals surface area contributed by atoms with Crippen LogP contribution in [0.25, 0.3) is 0 Å². The number of alkyl carbamates (subject to hydrolysis) is 1. The van der Waals surface area contributed by atoms with Crippen LogP contribution in [0.4, 0.5) is 4.79 Å². The smallest absolute Gasteiger partial charge is 0.408 e. The van der Waals surface area contributed by atoms with Crippen molar-refractivity contribution in [1.82, 2.24) is 5.32 Å². The molecule has 0 aromatic rings. The van der Waals surface area contributed by atoms with E-state index in [1.807, 2.05) is 41.5 Å². The summed E-state index contributed by atoms with van der Waals surface area (Å²) in [5.74, 6) is -0.363. The van der Waals surface area contributed by atoms with E-state index in [0.29, 0.717) is 13.0 Å². The molecule has 0 rings (SSSR count). The monoisotopic (exact) mass is 285 g/mol. The van der Waals surface area contributed by atoms with Crippen molar-refractivity contribution in [3.05, 3.63) is 11.6 Å². The lowest BCUT2D eigenvalue weighted by molar-refractivity contribution is -0.137. The summed E-state index contributed by atoms with van der Waals surface area (Å²) in [6.07, 6.45) is 1.51. The first-order valence-corrected chi connectivity index (χ1v) is 6.80. The molecule has 0 unspecified atom stereocenters. The van der Waals surface area contributed by atoms with Gasteiger partial charge in [-0.3, -0.25) is 0 Å². The van der Waals surface area contributed by atoms with Crippen molar-refractivity contribution in [2.75, 3.05) is 6.61 Å². The molecule has 0 saturated heterocycles. The van der Waals surface area contributed by atoms with Crippen molar-refractivity contribution in [3.63, 3.8) is 0 Å². The zero-order chi connectivity index (χ0) is 16.0. The first kappa shape index (κ1) is 18.5. The molecular formula is C15H27NO4. The van der Waals surface area contributed by atoms with Gasteiger partial charge in [-0.25, -0.2) is 9.59 Å². The summed E-state index contributed by atoms with van der Waals surface area (Å²) in [6.45, 7) is 13.1. The molecule has 0 radical (unpaired) electrons. The number of hydrogen-bond donors (Lipinski definition) is 1. The maximum atomic E-state index is 11.7. The number of esters is 1. The Morgan fingerprint density at radius 1 is 1.15 bits per heavy atom. The molecule has 1 amide bonds. The van der Waals surface area contributed by atoms with Gasteiger partial charge in [-0.1, -0.05) is 5.57 Å². The van der Waals surface area contributed by atoms with Gasteiger partial charge >= 0.3 is 12.1 Å². The SMILES string of the molecule is CCOC(=O)C=C(C)CC(C)(C)NC(=O)OC(C)(C)C. The Hall–Kier alpha value is -1.52. The van der Waals surface area contributed by atoms with E-state index in [1.54, 1.807) is 6.92 Å². The summed E-state index contributed by atoms with van der Waals surface area (Å²) in [5, 5.41) is 2.79. The predicted octanol–water partition coefficient (Wildman–Crippen LogP) is 3.19. The molecule has 0 aliphatic carbocycles. The van der Waals surface area contributed by atoms with E-state index in [1.165, 1.54) is 6.08 Å². The van der Waals surface area contributed by atoms with E-state index in [9.17, 15) is 9.59 Å². The fourth-order valence-electron chi connectivity index (χ4n) is 1.76. The maximum Gasteiger partial charge on any atom is 0.408 e. The molecular weight excluding hydrogens is 258 g/mol. The van der Waals surface area contributed by atoms with Crippen molar-refractivity contribution in [1.29, 1.82) is 0 Å². The highest BCUT2D eigenvalue weighted by atomic mass is 16.6. The Bertz CT molecular complexity index is 378. The zero-order valence-electron chi connectivity index (χ0n) is 13.6. The third kappa shape index (κ3) is 9.42. The third-order valence-electron chi connectivity index (χ3n) is 2.21. The third-order valence-corrected chi connectivity index (χ3v) is 2.21. The lowest BCUT2D eigenvalue weighted by Crippen LogP contribution is -2.45. The Morgan fingerprint density at radius 3 is 2.15 bits per heavy atom. The molecule has 0 aliphatic heterocycles. The number of rotatable bonds is 5. The summed E-state index contributed by atoms with van der Waals surface area (Å²) in [4.78, 5) is 23.1. The van der Waals surface area contributed by atoms with Gasteiger partial charge < -0.3 is 14.8 Å². The van der Waals surface area contributed by atoms with Gasteiger partial charge in [0.15, 0.2) is 0 Å². The van der Waals surface area contributed by atoms with Crippen LogP contribution in [-0.4, -0.2) is 29.8 Å². The molecule has 0 heterocycles. The van der Waals surface area contributed by atoms with Gasteiger partial charge in [0, 0.05) is 11.6 Å². The lowest BCUT2D eigenvalue weighted by atomic mass is 9.95. The largest absolute Gasteiger partial charge is 0.463 e. The van der Waals surface area contributed by atoms with Gasteiger partial charge in [0.1, 0.15) is 5.60 Å². The minimum Gasteiger partial charge on any atom is -0.463 e. The van der Waals surface area contributed by atoms with Gasteiger partial charge in [0.25, 0.3) is 0 Å². The second kappa shape index (κ2) is 7.31. The van der Waals surface area contributed by atoms with E-state index >= 15 is 0 Å². The average Bonchev–Trinajstić information content (AvgIpc) is 2.10. The van der Waals surface area contributed by atoms with Gasteiger partial charge in [-0.05, 0) is 54.9 Å². The molecule has 5 heteroatoms. The van der Waals surface area contributed by atoms with Crippen LogP contribution in [-0.2, 0) is 14.3 Å². The van der Waals surface area contributed by atoms with Crippen LogP contribution in [0.5, 0.6) is 0 Å². The van der Waals surface area contributed by atoms with Gasteiger partial charge in [-0.2, -0.15) is 0 Å². The Kier molecular flexibility index (Phi) is 6.76. The van der Waals surface area contributed by atoms with Gasteiger partial charge in [-0.15, -0.1) is 0 Å². The molecule has 5 nitrogen and oxygen atoms in total. The second-order valence-corrected chi connectivity index (χ2v) is 6.43. The number of hydrogen-bond acceptors (Lipinski definition) is 4. The van der Waals surface area contributed by atoms with Crippen molar-refractivity contribution >= 4 is 12.1 Å². The quantitative estimate of drug-likeness (QED) is 0.622. The first-order valence-electron chi connectivity index (χ1n) is 6.80. The van der Waals surface area contributed by atoms with E-state index in [2.05, 4.69) is 5.32 Å². The fourth-order valence-corrected chi connectivity index (χ4v) is 1.76. The van der Waals surface area contributed by atoms with Crippen LogP contribution in [0.3, 0.4) is 0 Å². The van der Waals surface area contributed by atoms with Crippen LogP contribution in [0.2, 0.25) is 0 Å². The molecule has 0 aliphatic rings. The molecule has 0 saturated carbocycles. The standard InChI is InChI=1S/C15H27NO4/c1-8-19-12(17)9-11(2)10-15(6,7)16-13(18)20-14(3,4)5/h9H,8,10H2,1-7H3,(H,16,18). The lowest BCUT2D eigenvalue weighted by Gasteiger charge is -2.29. The number of amides is 1. The minimum absolute atomic E-state index is 0.349. The van der Waals surface area contributed by atoms with Gasteiger partial charge in [0.2, 0.25) is 0 Å². The van der Waals surface area contributed by atoms with Crippen molar-refractivity contribution in [2.45, 2.75) is 66.0 Å². The van der Waals surface area contributed by atoms with Crippen LogP contribution in [0, 0.1) is 0 Å². The highest BCUT2D eigenvalue weighted by Crippen LogP contribution is 2.17. The number of ether oxygens (including phenoxy) is 2. The summed E-state index contributed by atoms with van der Waals surface area (Å²) < 4.78 is 10.1. The van der Waals surface area contributed by atoms with Crippen molar-refractivity contribution in [2.24, 2.45) is 0 Å². The molecule has 20 heavy (non-hydrogen) atoms. The number of carbonyl (C=O) groups excluding carboxylic acids is 2. The topological polar surface area (TPSA) is 64.6 Å². The summed E-state index contributed by atoms with van der Waals surface area (Å²) in [5.41, 5.74) is -0.199. The molecule has 0 bridgehead atoms. The van der Waals surface area contributed by atoms with Crippen molar-refractivity contribution < 1.29 is 19.1 Å². The molecule has 1 N–H and O–H groups in total. The molecule has 0 fully saturated rings. The first-order chi connectivity index (χ1) is 8.95. The molecule has 0 aromatic carbocycles. The Balaban J connectivity index is 4.51. The highest BCUT2D eigenvalue weighted by Gasteiger charge is 2.24. The molecule has 0 aromatic heterocycles. The average molecular weight is 285 g/mol. The Labute approximate surface area is 121 Å². The predicted molar refractivity (Wildman–Crippen MR) is 78.5 cm³/mol. The normalized spacial score (nSPS) is 12.8. The molecule has 0 spiro atoms. The van der Waals surface area contributed by atoms with E-state index in [0.717, 1.165) is 5.57 Å². The highest BCUT2D eigenvalue weighted by molar-refractivity contribution is 5.82. The van der Waals surface area contributed by atoms with Crippen LogP contribution >= 0.6 is 0 Å². The summed E-state index contributed by atoms with van der Waals surface area (Å²) >= 11 is 0. The van der Waals surface area contributed by atoms with Crippen LogP contribution in [0.1, 0.15) is 54.9 Å². The van der Waals surface area contributed by atoms with Crippen LogP contribution < -0.4 is 5.32 Å². The summed E-state index contributed by atoms with van der Waals surface area (Å²) in [6, 6.07) is 0. The van der Waals surface area contributed by atoms with E-state index in [-0.39, 0.29) is 5.97 Å². The van der Waals surface area contributed by atoms with Crippen molar-refractivity contribution in [3.8, 4) is 0 Å². The maximum absolute atomic E-state index is 11.7. The van der Waals surface area contributed by atoms with E-state index in [4.69, 9.17) is 9.47 Å².